The van der Waals surface area contributed by atoms with E-state index in [4.69, 9.17) is 5.21 Å². The molecular formula is C8H13NO. The van der Waals surface area contributed by atoms with Crippen LogP contribution in [-0.2, 0) is 0 Å². The lowest BCUT2D eigenvalue weighted by Gasteiger charge is -2.08. The molecule has 10 heavy (non-hydrogen) atoms. The van der Waals surface area contributed by atoms with Crippen molar-refractivity contribution in [2.24, 2.45) is 0 Å². The molecule has 1 aliphatic carbocycles. The molecule has 1 unspecified atom stereocenters. The van der Waals surface area contributed by atoms with E-state index in [1.165, 1.54) is 0 Å². The van der Waals surface area contributed by atoms with E-state index in [9.17, 15) is 0 Å². The van der Waals surface area contributed by atoms with E-state index >= 15 is 0 Å². The second kappa shape index (κ2) is 4.25. The van der Waals surface area contributed by atoms with Gasteiger partial charge >= 0.3 is 0 Å². The fraction of sp³-hybridized carbons (Fsp3) is 0.500. The Morgan fingerprint density at radius 1 is 1.20 bits per heavy atom. The summed E-state index contributed by atoms with van der Waals surface area (Å²) in [6, 6.07) is 0.108. The maximum Gasteiger partial charge on any atom is 0.0534 e. The van der Waals surface area contributed by atoms with Crippen LogP contribution in [0, 0.1) is 0 Å². The minimum absolute atomic E-state index is 0.108. The maximum atomic E-state index is 8.57. The molecule has 2 heteroatoms. The summed E-state index contributed by atoms with van der Waals surface area (Å²) in [5.41, 5.74) is 2.23. The van der Waals surface area contributed by atoms with E-state index in [1.54, 1.807) is 0 Å². The van der Waals surface area contributed by atoms with Crippen molar-refractivity contribution in [3.8, 4) is 0 Å². The van der Waals surface area contributed by atoms with Crippen molar-refractivity contribution >= 4 is 0 Å². The topological polar surface area (TPSA) is 32.3 Å². The van der Waals surface area contributed by atoms with Crippen LogP contribution in [-0.4, -0.2) is 11.2 Å². The van der Waals surface area contributed by atoms with E-state index in [1.807, 2.05) is 6.08 Å². The third-order valence-corrected chi connectivity index (χ3v) is 1.59. The molecule has 0 bridgehead atoms. The molecule has 0 radical (unpaired) electrons. The SMILES string of the molecule is ONC1/C=C\CC/C=C\C1. The summed E-state index contributed by atoms with van der Waals surface area (Å²) in [6.45, 7) is 0. The average molecular weight is 139 g/mol. The van der Waals surface area contributed by atoms with Crippen LogP contribution < -0.4 is 5.48 Å². The predicted molar refractivity (Wildman–Crippen MR) is 40.8 cm³/mol. The first-order valence-corrected chi connectivity index (χ1v) is 3.65. The van der Waals surface area contributed by atoms with Gasteiger partial charge in [-0.15, -0.1) is 0 Å². The lowest BCUT2D eigenvalue weighted by molar-refractivity contribution is 0.144. The van der Waals surface area contributed by atoms with Crippen LogP contribution in [0.1, 0.15) is 19.3 Å². The normalized spacial score (nSPS) is 32.3. The largest absolute Gasteiger partial charge is 0.316 e. The van der Waals surface area contributed by atoms with Gasteiger partial charge in [0.15, 0.2) is 0 Å². The number of rotatable bonds is 1. The van der Waals surface area contributed by atoms with E-state index < -0.39 is 0 Å². The summed E-state index contributed by atoms with van der Waals surface area (Å²) in [6.07, 6.45) is 11.4. The molecule has 0 aromatic carbocycles. The Bertz CT molecular complexity index is 140. The van der Waals surface area contributed by atoms with Gasteiger partial charge in [0, 0.05) is 0 Å². The van der Waals surface area contributed by atoms with Crippen LogP contribution in [0.3, 0.4) is 0 Å². The van der Waals surface area contributed by atoms with Gasteiger partial charge in [0.05, 0.1) is 6.04 Å². The number of allylic oxidation sites excluding steroid dienone is 2. The van der Waals surface area contributed by atoms with E-state index in [0.717, 1.165) is 19.3 Å². The van der Waals surface area contributed by atoms with Gasteiger partial charge in [-0.25, -0.2) is 0 Å². The second-order valence-corrected chi connectivity index (χ2v) is 2.45. The third-order valence-electron chi connectivity index (χ3n) is 1.59. The highest BCUT2D eigenvalue weighted by Crippen LogP contribution is 2.03. The van der Waals surface area contributed by atoms with Crippen LogP contribution >= 0.6 is 0 Å². The first kappa shape index (κ1) is 7.51. The van der Waals surface area contributed by atoms with Crippen LogP contribution in [0.2, 0.25) is 0 Å². The highest BCUT2D eigenvalue weighted by molar-refractivity contribution is 5.00. The van der Waals surface area contributed by atoms with Crippen LogP contribution in [0.25, 0.3) is 0 Å². The van der Waals surface area contributed by atoms with E-state index in [2.05, 4.69) is 23.7 Å². The Morgan fingerprint density at radius 2 is 2.00 bits per heavy atom. The van der Waals surface area contributed by atoms with Crippen LogP contribution in [0.5, 0.6) is 0 Å². The predicted octanol–water partition coefficient (Wildman–Crippen LogP) is 1.63. The Labute approximate surface area is 61.2 Å². The molecule has 1 atom stereocenters. The second-order valence-electron chi connectivity index (χ2n) is 2.45. The van der Waals surface area contributed by atoms with Gasteiger partial charge in [-0.2, -0.15) is 5.48 Å². The van der Waals surface area contributed by atoms with Gasteiger partial charge in [-0.05, 0) is 19.3 Å². The van der Waals surface area contributed by atoms with Crippen molar-refractivity contribution in [1.82, 2.24) is 5.48 Å². The first-order valence-electron chi connectivity index (χ1n) is 3.65. The van der Waals surface area contributed by atoms with E-state index in [0.29, 0.717) is 0 Å². The monoisotopic (exact) mass is 139 g/mol. The number of nitrogens with one attached hydrogen (secondary N) is 1. The molecule has 0 aliphatic heterocycles. The Balaban J connectivity index is 2.41. The lowest BCUT2D eigenvalue weighted by Crippen LogP contribution is -2.22. The summed E-state index contributed by atoms with van der Waals surface area (Å²) in [5.74, 6) is 0. The van der Waals surface area contributed by atoms with Crippen LogP contribution in [0.4, 0.5) is 0 Å². The summed E-state index contributed by atoms with van der Waals surface area (Å²) in [5, 5.41) is 8.57. The fourth-order valence-electron chi connectivity index (χ4n) is 0.988. The summed E-state index contributed by atoms with van der Waals surface area (Å²) in [4.78, 5) is 0. The molecule has 0 saturated carbocycles. The summed E-state index contributed by atoms with van der Waals surface area (Å²) >= 11 is 0. The summed E-state index contributed by atoms with van der Waals surface area (Å²) in [7, 11) is 0. The highest BCUT2D eigenvalue weighted by atomic mass is 16.5. The molecule has 0 fully saturated rings. The quantitative estimate of drug-likeness (QED) is 0.427. The zero-order chi connectivity index (χ0) is 7.23. The molecule has 2 N–H and O–H groups in total. The first-order chi connectivity index (χ1) is 4.93. The summed E-state index contributed by atoms with van der Waals surface area (Å²) < 4.78 is 0. The molecule has 1 rings (SSSR count). The molecule has 2 nitrogen and oxygen atoms in total. The maximum absolute atomic E-state index is 8.57. The Morgan fingerprint density at radius 3 is 2.80 bits per heavy atom. The molecular weight excluding hydrogens is 126 g/mol. The number of hydroxylamine groups is 1. The molecule has 0 spiro atoms. The molecule has 0 aromatic heterocycles. The molecule has 0 heterocycles. The number of hydrogen-bond acceptors (Lipinski definition) is 2. The van der Waals surface area contributed by atoms with Crippen molar-refractivity contribution in [2.45, 2.75) is 25.3 Å². The molecule has 1 aliphatic rings. The van der Waals surface area contributed by atoms with Gasteiger partial charge < -0.3 is 5.21 Å². The molecule has 56 valence electrons. The van der Waals surface area contributed by atoms with Crippen LogP contribution in [0.15, 0.2) is 24.3 Å². The minimum atomic E-state index is 0.108. The van der Waals surface area contributed by atoms with Crippen molar-refractivity contribution in [3.05, 3.63) is 24.3 Å². The highest BCUT2D eigenvalue weighted by Gasteiger charge is 1.99. The Hall–Kier alpha value is -0.600. The third kappa shape index (κ3) is 2.33. The molecule has 0 aromatic rings. The van der Waals surface area contributed by atoms with Gasteiger partial charge in [-0.1, -0.05) is 24.3 Å². The zero-order valence-electron chi connectivity index (χ0n) is 5.96. The van der Waals surface area contributed by atoms with Crippen molar-refractivity contribution < 1.29 is 5.21 Å². The van der Waals surface area contributed by atoms with Gasteiger partial charge in [0.1, 0.15) is 0 Å². The van der Waals surface area contributed by atoms with Gasteiger partial charge in [-0.3, -0.25) is 0 Å². The lowest BCUT2D eigenvalue weighted by atomic mass is 10.1. The smallest absolute Gasteiger partial charge is 0.0534 e. The average Bonchev–Trinajstić information content (AvgIpc) is 1.87. The van der Waals surface area contributed by atoms with Crippen molar-refractivity contribution in [3.63, 3.8) is 0 Å². The minimum Gasteiger partial charge on any atom is -0.316 e. The van der Waals surface area contributed by atoms with Crippen molar-refractivity contribution in [1.29, 1.82) is 0 Å². The number of hydrogen-bond donors (Lipinski definition) is 2. The van der Waals surface area contributed by atoms with Crippen molar-refractivity contribution in [2.75, 3.05) is 0 Å². The standard InChI is InChI=1S/C8H13NO/c10-9-8-6-4-2-1-3-5-7-8/h2,4-5,7-10H,1,3,6H2/b4-2-,7-5-. The zero-order valence-corrected chi connectivity index (χ0v) is 5.96. The van der Waals surface area contributed by atoms with Gasteiger partial charge in [0.25, 0.3) is 0 Å². The van der Waals surface area contributed by atoms with Gasteiger partial charge in [0.2, 0.25) is 0 Å². The molecule has 0 saturated heterocycles. The Kier molecular flexibility index (Phi) is 3.19. The molecule has 0 amide bonds. The fourth-order valence-corrected chi connectivity index (χ4v) is 0.988. The van der Waals surface area contributed by atoms with E-state index in [-0.39, 0.29) is 6.04 Å².